The minimum absolute atomic E-state index is 0. The van der Waals surface area contributed by atoms with E-state index in [0.717, 1.165) is 0 Å². The molecule has 0 N–H and O–H groups in total. The third-order valence-electron chi connectivity index (χ3n) is 0. The van der Waals surface area contributed by atoms with Crippen LogP contribution >= 0.6 is 0 Å². The molecule has 0 rings (SSSR count). The molecular weight excluding hydrogens is 509 g/mol. The van der Waals surface area contributed by atoms with Gasteiger partial charge >= 0.3 is 208 Å². The zero-order valence-corrected chi connectivity index (χ0v) is 16.3. The van der Waals surface area contributed by atoms with Crippen LogP contribution in [0.4, 0.5) is 0 Å². The third-order valence-corrected chi connectivity index (χ3v) is 0. The average molecular weight is 511 g/mol. The molecule has 0 fully saturated rings. The first kappa shape index (κ1) is 36.1. The Balaban J connectivity index is -0.0000000112. The van der Waals surface area contributed by atoms with Gasteiger partial charge in [0.15, 0.2) is 0 Å². The molecule has 6 nitrogen and oxygen atoms in total. The normalized spacial score (nSPS) is 4.17. The summed E-state index contributed by atoms with van der Waals surface area (Å²) in [5, 5.41) is 0. The van der Waals surface area contributed by atoms with Crippen molar-refractivity contribution in [2.45, 2.75) is 0 Å². The Bertz CT molecular complexity index is 83.5. The van der Waals surface area contributed by atoms with Crippen LogP contribution in [0.1, 0.15) is 0 Å². The van der Waals surface area contributed by atoms with Crippen molar-refractivity contribution in [1.29, 1.82) is 0 Å². The fourth-order valence-electron chi connectivity index (χ4n) is 0. The van der Waals surface area contributed by atoms with Crippen LogP contribution in [-0.2, 0) is 26.4 Å². The van der Waals surface area contributed by atoms with Crippen molar-refractivity contribution in [3.05, 3.63) is 0 Å². The van der Waals surface area contributed by atoms with Crippen molar-refractivity contribution in [1.82, 2.24) is 0 Å². The summed E-state index contributed by atoms with van der Waals surface area (Å²) in [7, 11) is -3.63. The molecule has 52 valence electrons. The van der Waals surface area contributed by atoms with E-state index in [-0.39, 0.29) is 179 Å². The summed E-state index contributed by atoms with van der Waals surface area (Å²) in [6.45, 7) is 0. The molecule has 12 heavy (non-hydrogen) atoms. The maximum absolute atomic E-state index is 8.58. The molecule has 0 aliphatic carbocycles. The van der Waals surface area contributed by atoms with Crippen molar-refractivity contribution in [2.75, 3.05) is 0 Å². The van der Waals surface area contributed by atoms with Gasteiger partial charge in [-0.2, -0.15) is 0 Å². The number of hydrogen-bond donors (Lipinski definition) is 0. The monoisotopic (exact) mass is 512 g/mol. The third kappa shape index (κ3) is 102. The zero-order chi connectivity index (χ0) is 7.15. The number of rotatable bonds is 0. The average Bonchev–Trinajstić information content (AvgIpc) is 1.25. The fraction of sp³-hybridized carbons (Fsp3) is 0. The summed E-state index contributed by atoms with van der Waals surface area (Å²) < 4.78 is 34.3. The number of hydrogen-bond acceptors (Lipinski definition) is 6. The van der Waals surface area contributed by atoms with Gasteiger partial charge in [0, 0.05) is 9.17 Å². The van der Waals surface area contributed by atoms with E-state index >= 15 is 0 Å². The van der Waals surface area contributed by atoms with Gasteiger partial charge in [0.25, 0.3) is 0 Å². The van der Waals surface area contributed by atoms with E-state index in [1.807, 2.05) is 0 Å². The van der Waals surface area contributed by atoms with Crippen LogP contribution in [0.25, 0.3) is 0 Å². The second-order valence-corrected chi connectivity index (χ2v) is 1.78. The molecule has 0 radical (unpaired) electrons. The maximum atomic E-state index is 8.58. The molecule has 0 saturated heterocycles. The van der Waals surface area contributed by atoms with E-state index in [1.54, 1.807) is 0 Å². The van der Waals surface area contributed by atoms with Gasteiger partial charge in [0.05, 0.1) is 0 Å². The van der Waals surface area contributed by atoms with Crippen molar-refractivity contribution in [3.8, 4) is 0 Å². The van der Waals surface area contributed by atoms with Crippen LogP contribution in [0, 0.1) is 0 Å². The molecule has 0 aliphatic rings. The molecule has 0 atom stereocenters. The van der Waals surface area contributed by atoms with Crippen molar-refractivity contribution >= 4 is 188 Å². The van der Waals surface area contributed by atoms with Gasteiger partial charge in [-0.05, 0) is 0 Å². The summed E-state index contributed by atoms with van der Waals surface area (Å²) in [6.07, 6.45) is 0. The Morgan fingerprint density at radius 1 is 1.08 bits per heavy atom. The second kappa shape index (κ2) is 30.1. The summed E-state index contributed by atoms with van der Waals surface area (Å²) in [5.74, 6) is 0. The zero-order valence-electron chi connectivity index (χ0n) is 4.86. The molecule has 0 aromatic rings. The van der Waals surface area contributed by atoms with Crippen LogP contribution in [-0.4, -0.2) is 188 Å². The summed E-state index contributed by atoms with van der Waals surface area (Å²) >= 11 is -4.08. The van der Waals surface area contributed by atoms with E-state index < -0.39 is 27.8 Å². The Morgan fingerprint density at radius 3 is 1.08 bits per heavy atom. The molecule has 0 heterocycles. The first-order valence-corrected chi connectivity index (χ1v) is 4.36. The van der Waals surface area contributed by atoms with Crippen molar-refractivity contribution in [2.24, 2.45) is 0 Å². The van der Waals surface area contributed by atoms with Gasteiger partial charge in [-0.25, -0.2) is 0 Å². The SMILES string of the molecule is O=[Si]([O-])[O-].[Ba+2].[Ba+2].[KH].[NaH].[O]=[Ti]([O-])[O-]. The van der Waals surface area contributed by atoms with E-state index in [1.165, 1.54) is 0 Å². The topological polar surface area (TPSA) is 126 Å². The molecule has 0 spiro atoms. The Morgan fingerprint density at radius 2 is 1.08 bits per heavy atom. The van der Waals surface area contributed by atoms with Gasteiger partial charge in [-0.1, -0.05) is 0 Å². The van der Waals surface area contributed by atoms with Gasteiger partial charge in [0.2, 0.25) is 0 Å². The molecule has 0 saturated carbocycles. The van der Waals surface area contributed by atoms with Gasteiger partial charge in [0.1, 0.15) is 0 Å². The summed E-state index contributed by atoms with van der Waals surface area (Å²) in [5.41, 5.74) is 0. The second-order valence-electron chi connectivity index (χ2n) is 0.500. The van der Waals surface area contributed by atoms with Crippen molar-refractivity contribution < 1.29 is 43.4 Å². The first-order chi connectivity index (χ1) is 3.46. The van der Waals surface area contributed by atoms with Crippen LogP contribution in [0.5, 0.6) is 0 Å². The van der Waals surface area contributed by atoms with Crippen LogP contribution in [0.2, 0.25) is 0 Å². The predicted octanol–water partition coefficient (Wildman–Crippen LogP) is -7.44. The van der Waals surface area contributed by atoms with Crippen molar-refractivity contribution in [3.63, 3.8) is 0 Å². The van der Waals surface area contributed by atoms with Crippen LogP contribution in [0.15, 0.2) is 0 Å². The van der Waals surface area contributed by atoms with Gasteiger partial charge in [-0.15, -0.1) is 0 Å². The Hall–Kier alpha value is 5.83. The Labute approximate surface area is 224 Å². The van der Waals surface area contributed by atoms with Crippen LogP contribution < -0.4 is 17.0 Å². The molecule has 0 aliphatic heterocycles. The molecule has 0 amide bonds. The molecule has 12 heteroatoms. The summed E-state index contributed by atoms with van der Waals surface area (Å²) in [6, 6.07) is 0. The molecule has 0 aromatic carbocycles. The molecule has 0 aromatic heterocycles. The molecular formula is H2Ba2KNaO6SiTi. The van der Waals surface area contributed by atoms with Gasteiger partial charge in [-0.3, -0.25) is 0 Å². The minimum atomic E-state index is -4.08. The quantitative estimate of drug-likeness (QED) is 0.298. The summed E-state index contributed by atoms with van der Waals surface area (Å²) in [4.78, 5) is 17.0. The van der Waals surface area contributed by atoms with E-state index in [2.05, 4.69) is 0 Å². The van der Waals surface area contributed by atoms with Crippen LogP contribution in [0.3, 0.4) is 0 Å². The first-order valence-electron chi connectivity index (χ1n) is 1.22. The van der Waals surface area contributed by atoms with Gasteiger partial charge < -0.3 is 14.1 Å². The molecule has 0 bridgehead atoms. The van der Waals surface area contributed by atoms with E-state index in [9.17, 15) is 0 Å². The standard InChI is InChI=1S/2Ba.K.Na.O3Si.3O.Ti.2H/c;;;;1-4(2)3;;;;;;/q2*+2;;;-2;;2*-1;;;. The Kier molecular flexibility index (Phi) is 90.6. The van der Waals surface area contributed by atoms with E-state index in [4.69, 9.17) is 24.8 Å². The van der Waals surface area contributed by atoms with E-state index in [0.29, 0.717) is 0 Å². The fourth-order valence-corrected chi connectivity index (χ4v) is 0. The predicted molar refractivity (Wildman–Crippen MR) is 32.9 cm³/mol. The molecule has 0 unspecified atom stereocenters.